The molecule has 2 atom stereocenters. The predicted octanol–water partition coefficient (Wildman–Crippen LogP) is 0.0319. The van der Waals surface area contributed by atoms with Crippen LogP contribution in [-0.4, -0.2) is 93.8 Å². The average molecular weight is 463 g/mol. The van der Waals surface area contributed by atoms with Crippen LogP contribution in [0, 0.1) is 5.92 Å². The molecule has 1 unspecified atom stereocenters. The van der Waals surface area contributed by atoms with Crippen molar-refractivity contribution < 1.29 is 34.2 Å². The van der Waals surface area contributed by atoms with Crippen molar-refractivity contribution in [1.29, 1.82) is 0 Å². The monoisotopic (exact) mass is 462 g/mol. The van der Waals surface area contributed by atoms with Gasteiger partial charge in [-0.2, -0.15) is 0 Å². The summed E-state index contributed by atoms with van der Waals surface area (Å²) in [7, 11) is 3.55. The molecule has 11 heteroatoms. The van der Waals surface area contributed by atoms with Crippen LogP contribution in [0.15, 0.2) is 18.2 Å². The Hall–Kier alpha value is -3.31. The van der Waals surface area contributed by atoms with E-state index in [1.165, 1.54) is 12.1 Å². The Morgan fingerprint density at radius 3 is 2.27 bits per heavy atom. The number of aliphatic carboxylic acids is 1. The van der Waals surface area contributed by atoms with Crippen molar-refractivity contribution in [3.05, 3.63) is 29.3 Å². The Balaban J connectivity index is 0.000000328. The van der Waals surface area contributed by atoms with Gasteiger partial charge in [-0.25, -0.2) is 0 Å². The van der Waals surface area contributed by atoms with Crippen LogP contribution in [0.4, 0.5) is 5.69 Å². The second-order valence-electron chi connectivity index (χ2n) is 8.40. The third-order valence-corrected chi connectivity index (χ3v) is 5.54. The molecule has 2 heterocycles. The van der Waals surface area contributed by atoms with Crippen LogP contribution in [0.3, 0.4) is 0 Å². The van der Waals surface area contributed by atoms with Gasteiger partial charge < -0.3 is 15.9 Å². The molecule has 1 aromatic carbocycles. The lowest BCUT2D eigenvalue weighted by Gasteiger charge is -2.34. The molecule has 2 aliphatic rings. The number of imide groups is 2. The van der Waals surface area contributed by atoms with Gasteiger partial charge >= 0.3 is 5.97 Å². The van der Waals surface area contributed by atoms with E-state index in [4.69, 9.17) is 15.9 Å². The number of β-amino-alcohol motifs (C(OH)–C–C–N with tert-alkyl or cyclic N) is 1. The number of carbonyl (C=O) groups excluding carboxylic acids is 4. The topological polar surface area (TPSA) is 162 Å². The number of aliphatic hydroxyl groups is 1. The summed E-state index contributed by atoms with van der Waals surface area (Å²) in [6.07, 6.45) is 0.101. The number of carboxylic acid groups (broad SMARTS) is 1. The first-order valence-electron chi connectivity index (χ1n) is 10.5. The standard InChI is InChI=1S/C15H15N3O5.C7H15NO2/c16-9-3-1-2-8-12(9)15(23)18(13(8)21)10-4-5-11(20)17(6-7-19)14(10)22;1-5(2)6(7(9)10)8(3)4/h1-3,10,19H,4-7,16H2;5-6H,1-4H3,(H,9,10)/t;6-/m.0/s1. The highest BCUT2D eigenvalue weighted by Crippen LogP contribution is 2.31. The third kappa shape index (κ3) is 5.20. The fourth-order valence-electron chi connectivity index (χ4n) is 4.11. The number of likely N-dealkylation sites (tertiary alicyclic amines) is 1. The number of piperidine rings is 1. The van der Waals surface area contributed by atoms with E-state index in [-0.39, 0.29) is 54.8 Å². The molecular formula is C22H30N4O7. The Morgan fingerprint density at radius 2 is 1.82 bits per heavy atom. The number of likely N-dealkylation sites (N-methyl/N-ethyl adjacent to an activating group) is 1. The third-order valence-electron chi connectivity index (χ3n) is 5.54. The summed E-state index contributed by atoms with van der Waals surface area (Å²) >= 11 is 0. The number of aliphatic hydroxyl groups excluding tert-OH is 1. The number of carboxylic acids is 1. The predicted molar refractivity (Wildman–Crippen MR) is 118 cm³/mol. The molecule has 4 N–H and O–H groups in total. The number of fused-ring (bicyclic) bond motifs is 1. The van der Waals surface area contributed by atoms with Gasteiger partial charge in [0.2, 0.25) is 5.91 Å². The zero-order valence-corrected chi connectivity index (χ0v) is 19.1. The molecular weight excluding hydrogens is 432 g/mol. The van der Waals surface area contributed by atoms with Gasteiger partial charge in [0, 0.05) is 12.1 Å². The zero-order valence-electron chi connectivity index (χ0n) is 19.1. The van der Waals surface area contributed by atoms with Crippen molar-refractivity contribution in [1.82, 2.24) is 14.7 Å². The van der Waals surface area contributed by atoms with Crippen LogP contribution in [0.1, 0.15) is 47.4 Å². The molecule has 0 saturated carbocycles. The Bertz CT molecular complexity index is 952. The maximum absolute atomic E-state index is 12.5. The highest BCUT2D eigenvalue weighted by molar-refractivity contribution is 6.25. The summed E-state index contributed by atoms with van der Waals surface area (Å²) in [5.74, 6) is -2.87. The molecule has 180 valence electrons. The van der Waals surface area contributed by atoms with E-state index in [9.17, 15) is 24.0 Å². The van der Waals surface area contributed by atoms with Crippen molar-refractivity contribution in [3.63, 3.8) is 0 Å². The summed E-state index contributed by atoms with van der Waals surface area (Å²) in [6.45, 7) is 3.27. The average Bonchev–Trinajstić information content (AvgIpc) is 2.96. The molecule has 3 rings (SSSR count). The second kappa shape index (κ2) is 10.5. The summed E-state index contributed by atoms with van der Waals surface area (Å²) in [5.41, 5.74) is 6.20. The Labute approximate surface area is 191 Å². The fraction of sp³-hybridized carbons (Fsp3) is 0.500. The molecule has 1 fully saturated rings. The molecule has 2 aliphatic heterocycles. The normalized spacial score (nSPS) is 19.1. The van der Waals surface area contributed by atoms with Gasteiger partial charge in [-0.05, 0) is 38.6 Å². The molecule has 0 spiro atoms. The number of rotatable bonds is 6. The largest absolute Gasteiger partial charge is 0.480 e. The first-order chi connectivity index (χ1) is 15.4. The van der Waals surface area contributed by atoms with Crippen LogP contribution in [0.2, 0.25) is 0 Å². The molecule has 0 bridgehead atoms. The SMILES string of the molecule is CC(C)[C@@H](C(=O)O)N(C)C.Nc1cccc2c1C(=O)N(C1CCC(=O)N(CCO)C1=O)C2=O. The van der Waals surface area contributed by atoms with Gasteiger partial charge in [-0.15, -0.1) is 0 Å². The number of anilines is 1. The van der Waals surface area contributed by atoms with Crippen molar-refractivity contribution in [2.45, 2.75) is 38.8 Å². The van der Waals surface area contributed by atoms with Crippen molar-refractivity contribution >= 4 is 35.3 Å². The summed E-state index contributed by atoms with van der Waals surface area (Å²) in [4.78, 5) is 63.3. The molecule has 1 aromatic rings. The number of nitrogens with zero attached hydrogens (tertiary/aromatic N) is 3. The quantitative estimate of drug-likeness (QED) is 0.391. The first-order valence-corrected chi connectivity index (χ1v) is 10.5. The van der Waals surface area contributed by atoms with Gasteiger partial charge in [-0.1, -0.05) is 19.9 Å². The Morgan fingerprint density at radius 1 is 1.18 bits per heavy atom. The number of hydrogen-bond acceptors (Lipinski definition) is 8. The van der Waals surface area contributed by atoms with Gasteiger partial charge in [0.05, 0.1) is 24.3 Å². The number of amides is 4. The van der Waals surface area contributed by atoms with Crippen molar-refractivity contribution in [2.75, 3.05) is 33.0 Å². The van der Waals surface area contributed by atoms with Crippen LogP contribution in [0.5, 0.6) is 0 Å². The van der Waals surface area contributed by atoms with Gasteiger partial charge in [0.15, 0.2) is 0 Å². The number of nitrogen functional groups attached to an aromatic ring is 1. The van der Waals surface area contributed by atoms with E-state index in [0.717, 1.165) is 9.80 Å². The maximum atomic E-state index is 12.5. The summed E-state index contributed by atoms with van der Waals surface area (Å²) < 4.78 is 0. The smallest absolute Gasteiger partial charge is 0.321 e. The first kappa shape index (κ1) is 25.9. The van der Waals surface area contributed by atoms with Gasteiger partial charge in [-0.3, -0.25) is 38.7 Å². The van der Waals surface area contributed by atoms with Crippen molar-refractivity contribution in [3.8, 4) is 0 Å². The van der Waals surface area contributed by atoms with Gasteiger partial charge in [0.1, 0.15) is 12.1 Å². The van der Waals surface area contributed by atoms with Crippen LogP contribution < -0.4 is 5.73 Å². The fourth-order valence-corrected chi connectivity index (χ4v) is 4.11. The Kier molecular flexibility index (Phi) is 8.29. The molecule has 11 nitrogen and oxygen atoms in total. The molecule has 0 aliphatic carbocycles. The zero-order chi connectivity index (χ0) is 25.0. The van der Waals surface area contributed by atoms with Crippen LogP contribution >= 0.6 is 0 Å². The van der Waals surface area contributed by atoms with Crippen molar-refractivity contribution in [2.24, 2.45) is 5.92 Å². The highest BCUT2D eigenvalue weighted by atomic mass is 16.4. The minimum Gasteiger partial charge on any atom is -0.480 e. The lowest BCUT2D eigenvalue weighted by atomic mass is 10.0. The number of carbonyl (C=O) groups is 5. The molecule has 1 saturated heterocycles. The van der Waals surface area contributed by atoms with Crippen LogP contribution in [-0.2, 0) is 14.4 Å². The summed E-state index contributed by atoms with van der Waals surface area (Å²) in [6, 6.07) is 3.15. The van der Waals surface area contributed by atoms with Gasteiger partial charge in [0.25, 0.3) is 17.7 Å². The molecule has 0 radical (unpaired) electrons. The van der Waals surface area contributed by atoms with E-state index in [0.29, 0.717) is 0 Å². The number of hydrogen-bond donors (Lipinski definition) is 3. The van der Waals surface area contributed by atoms with E-state index < -0.39 is 35.6 Å². The second-order valence-corrected chi connectivity index (χ2v) is 8.40. The highest BCUT2D eigenvalue weighted by Gasteiger charge is 2.47. The number of nitrogens with two attached hydrogens (primary N) is 1. The van der Waals surface area contributed by atoms with E-state index in [1.807, 2.05) is 13.8 Å². The number of benzene rings is 1. The summed E-state index contributed by atoms with van der Waals surface area (Å²) in [5, 5.41) is 17.7. The van der Waals surface area contributed by atoms with E-state index >= 15 is 0 Å². The molecule has 33 heavy (non-hydrogen) atoms. The lowest BCUT2D eigenvalue weighted by Crippen LogP contribution is -2.56. The van der Waals surface area contributed by atoms with Crippen LogP contribution in [0.25, 0.3) is 0 Å². The molecule has 0 aromatic heterocycles. The van der Waals surface area contributed by atoms with E-state index in [2.05, 4.69) is 0 Å². The lowest BCUT2D eigenvalue weighted by molar-refractivity contribution is -0.152. The van der Waals surface area contributed by atoms with E-state index in [1.54, 1.807) is 25.1 Å². The minimum absolute atomic E-state index is 0.0271. The maximum Gasteiger partial charge on any atom is 0.321 e. The molecule has 4 amide bonds. The minimum atomic E-state index is -1.05.